The highest BCUT2D eigenvalue weighted by Crippen LogP contribution is 2.49. The van der Waals surface area contributed by atoms with Crippen LogP contribution in [0.2, 0.25) is 0 Å². The number of hydrogen-bond acceptors (Lipinski definition) is 4. The summed E-state index contributed by atoms with van der Waals surface area (Å²) in [5.74, 6) is 0.719. The van der Waals surface area contributed by atoms with Gasteiger partial charge in [-0.3, -0.25) is 13.6 Å². The maximum atomic E-state index is 12.4. The Labute approximate surface area is 151 Å². The molecule has 0 amide bonds. The number of rotatable bonds is 12. The van der Waals surface area contributed by atoms with E-state index in [2.05, 4.69) is 37.4 Å². The Hall–Kier alpha value is -1.19. The molecule has 0 atom stereocenters. The second kappa shape index (κ2) is 10.7. The van der Waals surface area contributed by atoms with Crippen LogP contribution < -0.4 is 0 Å². The predicted octanol–water partition coefficient (Wildman–Crippen LogP) is 5.81. The van der Waals surface area contributed by atoms with Gasteiger partial charge in [0.1, 0.15) is 0 Å². The van der Waals surface area contributed by atoms with Gasteiger partial charge in [0.15, 0.2) is 0 Å². The molecule has 0 saturated heterocycles. The first-order valence-electron chi connectivity index (χ1n) is 9.01. The lowest BCUT2D eigenvalue weighted by atomic mass is 9.95. The second-order valence-electron chi connectivity index (χ2n) is 6.28. The third kappa shape index (κ3) is 6.91. The second-order valence-corrected chi connectivity index (χ2v) is 7.95. The van der Waals surface area contributed by atoms with Crippen molar-refractivity contribution in [3.05, 3.63) is 60.7 Å². The van der Waals surface area contributed by atoms with Gasteiger partial charge in [0, 0.05) is 0 Å². The highest BCUT2D eigenvalue weighted by molar-refractivity contribution is 7.48. The van der Waals surface area contributed by atoms with Gasteiger partial charge in [-0.25, -0.2) is 4.57 Å². The summed E-state index contributed by atoms with van der Waals surface area (Å²) in [5, 5.41) is 0. The molecule has 2 rings (SSSR count). The molecule has 4 nitrogen and oxygen atoms in total. The molecule has 1 fully saturated rings. The molecule has 1 aromatic carbocycles. The fourth-order valence-corrected chi connectivity index (χ4v) is 4.27. The van der Waals surface area contributed by atoms with Crippen LogP contribution in [0.4, 0.5) is 0 Å². The molecular weight excluding hydrogens is 335 g/mol. The molecule has 1 aromatic rings. The molecule has 0 spiro atoms. The minimum atomic E-state index is -3.54. The molecule has 25 heavy (non-hydrogen) atoms. The quantitative estimate of drug-likeness (QED) is 0.267. The van der Waals surface area contributed by atoms with Crippen LogP contribution >= 0.6 is 7.82 Å². The summed E-state index contributed by atoms with van der Waals surface area (Å²) < 4.78 is 28.1. The summed E-state index contributed by atoms with van der Waals surface area (Å²) in [5.41, 5.74) is 2.74. The Bertz CT molecular complexity index is 577. The van der Waals surface area contributed by atoms with Gasteiger partial charge < -0.3 is 0 Å². The number of phosphoric acid groups is 1. The van der Waals surface area contributed by atoms with Crippen molar-refractivity contribution >= 4 is 7.82 Å². The minimum Gasteiger partial charge on any atom is -0.287 e. The van der Waals surface area contributed by atoms with E-state index in [-0.39, 0.29) is 13.2 Å². The molecule has 1 aliphatic carbocycles. The van der Waals surface area contributed by atoms with E-state index in [0.717, 1.165) is 18.8 Å². The van der Waals surface area contributed by atoms with E-state index in [1.165, 1.54) is 49.0 Å². The molecule has 0 radical (unpaired) electrons. The van der Waals surface area contributed by atoms with Gasteiger partial charge in [-0.2, -0.15) is 0 Å². The van der Waals surface area contributed by atoms with Gasteiger partial charge in [0.05, 0.1) is 19.8 Å². The van der Waals surface area contributed by atoms with Crippen molar-refractivity contribution < 1.29 is 18.1 Å². The van der Waals surface area contributed by atoms with Crippen LogP contribution in [-0.2, 0) is 24.6 Å². The zero-order valence-corrected chi connectivity index (χ0v) is 15.8. The lowest BCUT2D eigenvalue weighted by molar-refractivity contribution is 0.130. The molecule has 138 valence electrons. The Kier molecular flexibility index (Phi) is 8.63. The van der Waals surface area contributed by atoms with E-state index < -0.39 is 7.82 Å². The zero-order chi connectivity index (χ0) is 18.0. The van der Waals surface area contributed by atoms with Gasteiger partial charge in [-0.05, 0) is 42.7 Å². The third-order valence-corrected chi connectivity index (χ3v) is 5.77. The summed E-state index contributed by atoms with van der Waals surface area (Å²) in [6.07, 6.45) is 9.95. The largest absolute Gasteiger partial charge is 0.475 e. The van der Waals surface area contributed by atoms with E-state index in [1.807, 2.05) is 0 Å². The van der Waals surface area contributed by atoms with Crippen molar-refractivity contribution in [3.63, 3.8) is 0 Å². The van der Waals surface area contributed by atoms with Gasteiger partial charge >= 0.3 is 7.82 Å². The predicted molar refractivity (Wildman–Crippen MR) is 102 cm³/mol. The standard InChI is InChI=1S/C20H29O4P/c1-3-14-22-25(21,23-15-4-2)24-16-8-10-18-9-7-13-20(17-18)19-11-5-6-12-19/h3-4,7,9,13,17,19H,1-2,5-6,8,10-12,14-16H2. The van der Waals surface area contributed by atoms with Crippen LogP contribution in [0.5, 0.6) is 0 Å². The van der Waals surface area contributed by atoms with Crippen LogP contribution in [0.25, 0.3) is 0 Å². The fraction of sp³-hybridized carbons (Fsp3) is 0.500. The minimum absolute atomic E-state index is 0.123. The highest BCUT2D eigenvalue weighted by Gasteiger charge is 2.25. The van der Waals surface area contributed by atoms with Gasteiger partial charge in [-0.1, -0.05) is 49.3 Å². The van der Waals surface area contributed by atoms with Gasteiger partial charge in [-0.15, -0.1) is 13.2 Å². The van der Waals surface area contributed by atoms with Crippen LogP contribution in [0.1, 0.15) is 49.1 Å². The van der Waals surface area contributed by atoms with Crippen molar-refractivity contribution in [2.24, 2.45) is 0 Å². The maximum absolute atomic E-state index is 12.4. The highest BCUT2D eigenvalue weighted by atomic mass is 31.2. The first kappa shape index (κ1) is 20.1. The van der Waals surface area contributed by atoms with E-state index in [9.17, 15) is 4.57 Å². The lowest BCUT2D eigenvalue weighted by Crippen LogP contribution is -2.03. The smallest absolute Gasteiger partial charge is 0.287 e. The molecule has 0 aromatic heterocycles. The van der Waals surface area contributed by atoms with Gasteiger partial charge in [0.25, 0.3) is 0 Å². The molecule has 0 N–H and O–H groups in total. The van der Waals surface area contributed by atoms with Crippen molar-refractivity contribution in [1.29, 1.82) is 0 Å². The molecule has 0 heterocycles. The summed E-state index contributed by atoms with van der Waals surface area (Å²) >= 11 is 0. The topological polar surface area (TPSA) is 44.8 Å². The average Bonchev–Trinajstić information content (AvgIpc) is 3.17. The number of hydrogen-bond donors (Lipinski definition) is 0. The van der Waals surface area contributed by atoms with Crippen LogP contribution in [0, 0.1) is 0 Å². The number of phosphoric ester groups is 1. The molecule has 1 aliphatic rings. The Morgan fingerprint density at radius 1 is 1.08 bits per heavy atom. The Balaban J connectivity index is 1.80. The third-order valence-electron chi connectivity index (χ3n) is 4.34. The normalized spacial score (nSPS) is 15.4. The summed E-state index contributed by atoms with van der Waals surface area (Å²) in [6.45, 7) is 7.65. The number of benzene rings is 1. The molecule has 1 saturated carbocycles. The van der Waals surface area contributed by atoms with Crippen molar-refractivity contribution in [3.8, 4) is 0 Å². The van der Waals surface area contributed by atoms with Crippen LogP contribution in [0.3, 0.4) is 0 Å². The molecule has 0 bridgehead atoms. The van der Waals surface area contributed by atoms with Crippen molar-refractivity contribution in [1.82, 2.24) is 0 Å². The summed E-state index contributed by atoms with van der Waals surface area (Å²) in [6, 6.07) is 8.81. The van der Waals surface area contributed by atoms with E-state index in [1.54, 1.807) is 0 Å². The maximum Gasteiger partial charge on any atom is 0.475 e. The van der Waals surface area contributed by atoms with Crippen LogP contribution in [-0.4, -0.2) is 19.8 Å². The monoisotopic (exact) mass is 364 g/mol. The fourth-order valence-electron chi connectivity index (χ4n) is 3.11. The SMILES string of the molecule is C=CCOP(=O)(OCC=C)OCCCc1cccc(C2CCCC2)c1. The Morgan fingerprint density at radius 2 is 1.76 bits per heavy atom. The summed E-state index contributed by atoms with van der Waals surface area (Å²) in [4.78, 5) is 0. The average molecular weight is 364 g/mol. The van der Waals surface area contributed by atoms with Crippen molar-refractivity contribution in [2.45, 2.75) is 44.4 Å². The molecule has 5 heteroatoms. The van der Waals surface area contributed by atoms with E-state index >= 15 is 0 Å². The van der Waals surface area contributed by atoms with Crippen LogP contribution in [0.15, 0.2) is 49.6 Å². The Morgan fingerprint density at radius 3 is 2.40 bits per heavy atom. The van der Waals surface area contributed by atoms with Gasteiger partial charge in [0.2, 0.25) is 0 Å². The molecule has 0 aliphatic heterocycles. The van der Waals surface area contributed by atoms with Crippen molar-refractivity contribution in [2.75, 3.05) is 19.8 Å². The first-order chi connectivity index (χ1) is 12.2. The zero-order valence-electron chi connectivity index (χ0n) is 14.9. The lowest BCUT2D eigenvalue weighted by Gasteiger charge is -2.16. The molecule has 0 unspecified atom stereocenters. The molecular formula is C20H29O4P. The van der Waals surface area contributed by atoms with E-state index in [0.29, 0.717) is 6.61 Å². The summed E-state index contributed by atoms with van der Waals surface area (Å²) in [7, 11) is -3.54. The number of aryl methyl sites for hydroxylation is 1. The first-order valence-corrected chi connectivity index (χ1v) is 10.5. The van der Waals surface area contributed by atoms with E-state index in [4.69, 9.17) is 13.6 Å².